The number of fused-ring (bicyclic) bond motifs is 1. The van der Waals surface area contributed by atoms with Crippen LogP contribution in [0.15, 0.2) is 59.5 Å². The number of rotatable bonds is 3. The fraction of sp³-hybridized carbons (Fsp3) is 0.222. The molecule has 1 N–H and O–H groups in total. The lowest BCUT2D eigenvalue weighted by Crippen LogP contribution is -2.33. The lowest BCUT2D eigenvalue weighted by Gasteiger charge is -2.27. The molecule has 0 aliphatic carbocycles. The average molecular weight is 340 g/mol. The zero-order valence-corrected chi connectivity index (χ0v) is 13.8. The highest BCUT2D eigenvalue weighted by Crippen LogP contribution is 2.44. The average Bonchev–Trinajstić information content (AvgIpc) is 3.14. The fourth-order valence-corrected chi connectivity index (χ4v) is 3.68. The molecule has 2 fully saturated rings. The van der Waals surface area contributed by atoms with Crippen LogP contribution in [0.4, 0.5) is 5.69 Å². The van der Waals surface area contributed by atoms with E-state index in [-0.39, 0.29) is 17.9 Å². The molecule has 2 aromatic rings. The smallest absolute Gasteiger partial charge is 0.259 e. The van der Waals surface area contributed by atoms with Crippen LogP contribution in [-0.4, -0.2) is 24.2 Å². The summed E-state index contributed by atoms with van der Waals surface area (Å²) in [4.78, 5) is 31.4. The minimum absolute atomic E-state index is 0.276. The molecular formula is C18H16N2O3S. The number of nitrogens with one attached hydrogen (secondary N) is 1. The van der Waals surface area contributed by atoms with E-state index < -0.39 is 12.0 Å². The lowest BCUT2D eigenvalue weighted by molar-refractivity contribution is -0.129. The van der Waals surface area contributed by atoms with Crippen molar-refractivity contribution in [3.63, 3.8) is 0 Å². The Morgan fingerprint density at radius 3 is 2.38 bits per heavy atom. The first-order valence-electron chi connectivity index (χ1n) is 7.69. The van der Waals surface area contributed by atoms with Crippen LogP contribution in [0.2, 0.25) is 0 Å². The normalized spacial score (nSPS) is 25.7. The van der Waals surface area contributed by atoms with Gasteiger partial charge in [0.05, 0.1) is 11.7 Å². The zero-order valence-electron chi connectivity index (χ0n) is 13.0. The van der Waals surface area contributed by atoms with Crippen LogP contribution in [0.3, 0.4) is 0 Å². The molecule has 0 aromatic heterocycles. The molecule has 2 aliphatic heterocycles. The molecule has 5 nitrogen and oxygen atoms in total. The van der Waals surface area contributed by atoms with Crippen LogP contribution in [0.1, 0.15) is 11.6 Å². The molecule has 2 heterocycles. The van der Waals surface area contributed by atoms with Gasteiger partial charge in [0.25, 0.3) is 5.91 Å². The van der Waals surface area contributed by atoms with E-state index in [0.29, 0.717) is 0 Å². The van der Waals surface area contributed by atoms with E-state index in [2.05, 4.69) is 5.32 Å². The molecule has 3 atom stereocenters. The Bertz CT molecular complexity index is 779. The molecule has 0 bridgehead atoms. The number of hydrogen-bond donors (Lipinski definition) is 1. The molecule has 0 radical (unpaired) electrons. The maximum absolute atomic E-state index is 12.3. The second-order valence-electron chi connectivity index (χ2n) is 5.78. The van der Waals surface area contributed by atoms with E-state index in [1.165, 1.54) is 0 Å². The number of amides is 2. The monoisotopic (exact) mass is 340 g/mol. The van der Waals surface area contributed by atoms with Gasteiger partial charge in [-0.1, -0.05) is 30.3 Å². The number of imide groups is 1. The predicted molar refractivity (Wildman–Crippen MR) is 91.4 cm³/mol. The number of carbonyl (C=O) groups is 2. The number of nitrogens with zero attached hydrogens (tertiary/aromatic N) is 1. The molecule has 24 heavy (non-hydrogen) atoms. The highest BCUT2D eigenvalue weighted by Gasteiger charge is 2.56. The van der Waals surface area contributed by atoms with Gasteiger partial charge >= 0.3 is 0 Å². The Balaban J connectivity index is 1.78. The molecule has 0 spiro atoms. The number of carbonyl (C=O) groups excluding carboxylic acids is 2. The highest BCUT2D eigenvalue weighted by atomic mass is 32.2. The third kappa shape index (κ3) is 2.39. The van der Waals surface area contributed by atoms with Gasteiger partial charge in [0.15, 0.2) is 6.10 Å². The second kappa shape index (κ2) is 5.96. The van der Waals surface area contributed by atoms with Gasteiger partial charge in [-0.15, -0.1) is 11.8 Å². The van der Waals surface area contributed by atoms with Crippen molar-refractivity contribution >= 4 is 29.3 Å². The Hall–Kier alpha value is -2.31. The van der Waals surface area contributed by atoms with Crippen LogP contribution in [0.25, 0.3) is 0 Å². The van der Waals surface area contributed by atoms with E-state index in [4.69, 9.17) is 4.84 Å². The first kappa shape index (κ1) is 15.2. The van der Waals surface area contributed by atoms with Crippen molar-refractivity contribution in [3.05, 3.63) is 60.2 Å². The van der Waals surface area contributed by atoms with Crippen molar-refractivity contribution < 1.29 is 14.4 Å². The van der Waals surface area contributed by atoms with Crippen molar-refractivity contribution in [3.8, 4) is 0 Å². The van der Waals surface area contributed by atoms with Gasteiger partial charge in [-0.2, -0.15) is 0 Å². The first-order valence-corrected chi connectivity index (χ1v) is 8.91. The van der Waals surface area contributed by atoms with E-state index in [1.54, 1.807) is 16.8 Å². The third-order valence-electron chi connectivity index (χ3n) is 4.42. The van der Waals surface area contributed by atoms with Crippen molar-refractivity contribution in [1.82, 2.24) is 5.32 Å². The molecule has 0 saturated carbocycles. The van der Waals surface area contributed by atoms with Crippen LogP contribution >= 0.6 is 11.8 Å². The van der Waals surface area contributed by atoms with E-state index in [1.807, 2.05) is 60.9 Å². The Labute approximate surface area is 143 Å². The van der Waals surface area contributed by atoms with Gasteiger partial charge in [0.2, 0.25) is 5.91 Å². The van der Waals surface area contributed by atoms with Crippen molar-refractivity contribution in [2.75, 3.05) is 11.3 Å². The summed E-state index contributed by atoms with van der Waals surface area (Å²) >= 11 is 1.66. The summed E-state index contributed by atoms with van der Waals surface area (Å²) in [5.74, 6) is -1.19. The Kier molecular flexibility index (Phi) is 3.78. The minimum Gasteiger partial charge on any atom is -0.294 e. The quantitative estimate of drug-likeness (QED) is 0.687. The molecule has 2 aromatic carbocycles. The Morgan fingerprint density at radius 2 is 1.71 bits per heavy atom. The number of thioether (sulfide) groups is 1. The van der Waals surface area contributed by atoms with Crippen molar-refractivity contribution in [1.29, 1.82) is 0 Å². The lowest BCUT2D eigenvalue weighted by atomic mass is 9.90. The van der Waals surface area contributed by atoms with Crippen molar-refractivity contribution in [2.45, 2.75) is 17.0 Å². The van der Waals surface area contributed by atoms with Crippen LogP contribution < -0.4 is 10.4 Å². The highest BCUT2D eigenvalue weighted by molar-refractivity contribution is 7.98. The van der Waals surface area contributed by atoms with E-state index in [0.717, 1.165) is 16.1 Å². The van der Waals surface area contributed by atoms with Crippen LogP contribution in [0, 0.1) is 5.92 Å². The summed E-state index contributed by atoms with van der Waals surface area (Å²) < 4.78 is 0. The molecule has 122 valence electrons. The van der Waals surface area contributed by atoms with Gasteiger partial charge in [-0.3, -0.25) is 19.7 Å². The van der Waals surface area contributed by atoms with Gasteiger partial charge < -0.3 is 0 Å². The van der Waals surface area contributed by atoms with Crippen molar-refractivity contribution in [2.24, 2.45) is 5.92 Å². The maximum Gasteiger partial charge on any atom is 0.259 e. The van der Waals surface area contributed by atoms with Gasteiger partial charge in [-0.05, 0) is 36.1 Å². The summed E-state index contributed by atoms with van der Waals surface area (Å²) in [7, 11) is 0. The minimum atomic E-state index is -0.775. The summed E-state index contributed by atoms with van der Waals surface area (Å²) in [5.41, 5.74) is 1.78. The van der Waals surface area contributed by atoms with Gasteiger partial charge in [0.1, 0.15) is 5.92 Å². The van der Waals surface area contributed by atoms with E-state index >= 15 is 0 Å². The molecule has 2 aliphatic rings. The SMILES string of the molecule is CSc1ccc([C@H]2[C@H]3C(=O)NC(=O)[C@H]3ON2c2ccccc2)cc1. The number of para-hydroxylation sites is 1. The summed E-state index contributed by atoms with van der Waals surface area (Å²) in [5, 5.41) is 4.07. The standard InChI is InChI=1S/C18H16N2O3S/c1-24-13-9-7-11(8-10-13)15-14-16(18(22)19-17(14)21)23-20(15)12-5-3-2-4-6-12/h2-10,14-16H,1H3,(H,19,21,22)/t14-,15+,16+/m1/s1. The number of benzene rings is 2. The number of hydroxylamine groups is 1. The Morgan fingerprint density at radius 1 is 1.00 bits per heavy atom. The zero-order chi connectivity index (χ0) is 16.7. The molecule has 4 rings (SSSR count). The summed E-state index contributed by atoms with van der Waals surface area (Å²) in [6, 6.07) is 17.2. The molecule has 6 heteroatoms. The maximum atomic E-state index is 12.3. The summed E-state index contributed by atoms with van der Waals surface area (Å²) in [6.45, 7) is 0. The van der Waals surface area contributed by atoms with Crippen LogP contribution in [0.5, 0.6) is 0 Å². The first-order chi connectivity index (χ1) is 11.7. The summed E-state index contributed by atoms with van der Waals surface area (Å²) in [6.07, 6.45) is 1.24. The fourth-order valence-electron chi connectivity index (χ4n) is 3.27. The van der Waals surface area contributed by atoms with Gasteiger partial charge in [-0.25, -0.2) is 5.06 Å². The number of anilines is 1. The molecular weight excluding hydrogens is 324 g/mol. The van der Waals surface area contributed by atoms with Gasteiger partial charge in [0, 0.05) is 4.90 Å². The molecule has 0 unspecified atom stereocenters. The van der Waals surface area contributed by atoms with E-state index in [9.17, 15) is 9.59 Å². The third-order valence-corrected chi connectivity index (χ3v) is 5.17. The molecule has 2 amide bonds. The largest absolute Gasteiger partial charge is 0.294 e. The molecule has 2 saturated heterocycles. The predicted octanol–water partition coefficient (Wildman–Crippen LogP) is 2.54. The second-order valence-corrected chi connectivity index (χ2v) is 6.66. The number of hydrogen-bond acceptors (Lipinski definition) is 5. The topological polar surface area (TPSA) is 58.6 Å². The van der Waals surface area contributed by atoms with Crippen LogP contribution in [-0.2, 0) is 14.4 Å².